The molecule has 3 N–H and O–H groups in total. The summed E-state index contributed by atoms with van der Waals surface area (Å²) in [5.41, 5.74) is 8.08. The molecule has 0 spiro atoms. The molecule has 1 rings (SSSR count). The summed E-state index contributed by atoms with van der Waals surface area (Å²) in [5, 5.41) is 14.1. The Bertz CT molecular complexity index is 439. The van der Waals surface area contributed by atoms with Gasteiger partial charge in [-0.1, -0.05) is 0 Å². The number of nitrogens with one attached hydrogen (secondary N) is 1. The number of non-ortho nitro benzene ring substituents is 1. The van der Waals surface area contributed by atoms with Crippen LogP contribution in [0.5, 0.6) is 0 Å². The van der Waals surface area contributed by atoms with Crippen LogP contribution in [0.15, 0.2) is 29.4 Å². The minimum absolute atomic E-state index is 0.000546. The Morgan fingerprint density at radius 3 is 2.44 bits per heavy atom. The standard InChI is InChI=1S/C9H10N4O3/c1-6(11-12-9(10)14)7-2-4-8(5-3-7)13(15)16/h2-5H,1H3,(H3,10,12,14). The van der Waals surface area contributed by atoms with E-state index in [4.69, 9.17) is 5.73 Å². The molecule has 7 nitrogen and oxygen atoms in total. The van der Waals surface area contributed by atoms with Gasteiger partial charge in [-0.05, 0) is 24.6 Å². The highest BCUT2D eigenvalue weighted by atomic mass is 16.6. The van der Waals surface area contributed by atoms with Crippen LogP contribution in [0.25, 0.3) is 0 Å². The lowest BCUT2D eigenvalue weighted by molar-refractivity contribution is -0.384. The van der Waals surface area contributed by atoms with Crippen molar-refractivity contribution >= 4 is 17.4 Å². The van der Waals surface area contributed by atoms with Crippen LogP contribution >= 0.6 is 0 Å². The highest BCUT2D eigenvalue weighted by Crippen LogP contribution is 2.12. The fraction of sp³-hybridized carbons (Fsp3) is 0.111. The Kier molecular flexibility index (Phi) is 3.54. The maximum absolute atomic E-state index is 10.4. The van der Waals surface area contributed by atoms with Gasteiger partial charge in [0.2, 0.25) is 0 Å². The second kappa shape index (κ2) is 4.87. The number of hydrazone groups is 1. The lowest BCUT2D eigenvalue weighted by Crippen LogP contribution is -2.25. The Morgan fingerprint density at radius 1 is 1.44 bits per heavy atom. The molecule has 1 aromatic carbocycles. The molecule has 16 heavy (non-hydrogen) atoms. The summed E-state index contributed by atoms with van der Waals surface area (Å²) < 4.78 is 0. The molecule has 0 aliphatic heterocycles. The van der Waals surface area contributed by atoms with Crippen molar-refractivity contribution in [3.05, 3.63) is 39.9 Å². The van der Waals surface area contributed by atoms with E-state index < -0.39 is 11.0 Å². The van der Waals surface area contributed by atoms with Gasteiger partial charge >= 0.3 is 6.03 Å². The molecule has 0 radical (unpaired) electrons. The molecule has 0 aliphatic rings. The molecule has 0 aliphatic carbocycles. The number of nitrogens with zero attached hydrogens (tertiary/aromatic N) is 2. The molecule has 0 aromatic heterocycles. The first-order chi connectivity index (χ1) is 7.50. The summed E-state index contributed by atoms with van der Waals surface area (Å²) in [6, 6.07) is 5.04. The average molecular weight is 222 g/mol. The van der Waals surface area contributed by atoms with E-state index in [0.717, 1.165) is 0 Å². The smallest absolute Gasteiger partial charge is 0.332 e. The van der Waals surface area contributed by atoms with Gasteiger partial charge in [-0.25, -0.2) is 10.2 Å². The Morgan fingerprint density at radius 2 is 2.00 bits per heavy atom. The summed E-state index contributed by atoms with van der Waals surface area (Å²) in [6.07, 6.45) is 0. The third-order valence-electron chi connectivity index (χ3n) is 1.83. The third kappa shape index (κ3) is 3.05. The summed E-state index contributed by atoms with van der Waals surface area (Å²) >= 11 is 0. The average Bonchev–Trinajstić information content (AvgIpc) is 2.26. The van der Waals surface area contributed by atoms with E-state index in [9.17, 15) is 14.9 Å². The second-order valence-electron chi connectivity index (χ2n) is 2.98. The van der Waals surface area contributed by atoms with Crippen molar-refractivity contribution in [2.75, 3.05) is 0 Å². The molecule has 1 aromatic rings. The van der Waals surface area contributed by atoms with E-state index in [1.54, 1.807) is 19.1 Å². The zero-order chi connectivity index (χ0) is 12.1. The maximum Gasteiger partial charge on any atom is 0.332 e. The largest absolute Gasteiger partial charge is 0.350 e. The van der Waals surface area contributed by atoms with Crippen LogP contribution in [0, 0.1) is 10.1 Å². The normalized spacial score (nSPS) is 10.9. The molecule has 0 heterocycles. The van der Waals surface area contributed by atoms with Crippen molar-refractivity contribution in [2.45, 2.75) is 6.92 Å². The van der Waals surface area contributed by atoms with Crippen LogP contribution in [-0.2, 0) is 0 Å². The molecule has 0 fully saturated rings. The predicted octanol–water partition coefficient (Wildman–Crippen LogP) is 0.987. The van der Waals surface area contributed by atoms with E-state index in [2.05, 4.69) is 10.5 Å². The van der Waals surface area contributed by atoms with Gasteiger partial charge in [-0.3, -0.25) is 10.1 Å². The number of hydrogen-bond donors (Lipinski definition) is 2. The van der Waals surface area contributed by atoms with E-state index in [0.29, 0.717) is 11.3 Å². The Hall–Kier alpha value is -2.44. The zero-order valence-electron chi connectivity index (χ0n) is 8.51. The molecule has 0 saturated heterocycles. The van der Waals surface area contributed by atoms with Crippen LogP contribution < -0.4 is 11.2 Å². The SMILES string of the molecule is CC(=NNC(N)=O)c1ccc([N+](=O)[O-])cc1. The van der Waals surface area contributed by atoms with Gasteiger partial charge in [-0.2, -0.15) is 5.10 Å². The van der Waals surface area contributed by atoms with Crippen molar-refractivity contribution in [3.63, 3.8) is 0 Å². The number of nitro groups is 1. The summed E-state index contributed by atoms with van der Waals surface area (Å²) in [4.78, 5) is 20.3. The number of primary amides is 1. The quantitative estimate of drug-likeness (QED) is 0.451. The van der Waals surface area contributed by atoms with Gasteiger partial charge in [0, 0.05) is 12.1 Å². The van der Waals surface area contributed by atoms with Gasteiger partial charge in [0.15, 0.2) is 0 Å². The van der Waals surface area contributed by atoms with Gasteiger partial charge in [0.05, 0.1) is 10.6 Å². The van der Waals surface area contributed by atoms with Crippen LogP contribution in [-0.4, -0.2) is 16.7 Å². The molecule has 7 heteroatoms. The molecule has 0 bridgehead atoms. The van der Waals surface area contributed by atoms with E-state index in [1.165, 1.54) is 12.1 Å². The summed E-state index contributed by atoms with van der Waals surface area (Å²) in [7, 11) is 0. The molecule has 2 amide bonds. The molecular formula is C9H10N4O3. The minimum atomic E-state index is -0.763. The minimum Gasteiger partial charge on any atom is -0.350 e. The maximum atomic E-state index is 10.4. The highest BCUT2D eigenvalue weighted by molar-refractivity contribution is 5.99. The first-order valence-corrected chi connectivity index (χ1v) is 4.35. The number of rotatable bonds is 3. The van der Waals surface area contributed by atoms with Crippen LogP contribution in [0.3, 0.4) is 0 Å². The molecular weight excluding hydrogens is 212 g/mol. The molecule has 84 valence electrons. The van der Waals surface area contributed by atoms with E-state index >= 15 is 0 Å². The van der Waals surface area contributed by atoms with Crippen molar-refractivity contribution in [1.29, 1.82) is 0 Å². The first kappa shape index (κ1) is 11.6. The Labute approximate surface area is 91.1 Å². The highest BCUT2D eigenvalue weighted by Gasteiger charge is 2.05. The Balaban J connectivity index is 2.85. The number of hydrogen-bond acceptors (Lipinski definition) is 4. The van der Waals surface area contributed by atoms with Crippen molar-refractivity contribution in [3.8, 4) is 0 Å². The number of urea groups is 1. The lowest BCUT2D eigenvalue weighted by atomic mass is 10.1. The number of amides is 2. The zero-order valence-corrected chi connectivity index (χ0v) is 8.51. The monoisotopic (exact) mass is 222 g/mol. The van der Waals surface area contributed by atoms with Gasteiger partial charge < -0.3 is 5.73 Å². The fourth-order valence-corrected chi connectivity index (χ4v) is 1.03. The van der Waals surface area contributed by atoms with Crippen molar-refractivity contribution in [2.24, 2.45) is 10.8 Å². The van der Waals surface area contributed by atoms with E-state index in [1.807, 2.05) is 0 Å². The number of carbonyl (C=O) groups is 1. The van der Waals surface area contributed by atoms with Gasteiger partial charge in [0.1, 0.15) is 0 Å². The third-order valence-corrected chi connectivity index (χ3v) is 1.83. The lowest BCUT2D eigenvalue weighted by Gasteiger charge is -2.00. The van der Waals surface area contributed by atoms with Gasteiger partial charge in [-0.15, -0.1) is 0 Å². The molecule has 0 unspecified atom stereocenters. The second-order valence-corrected chi connectivity index (χ2v) is 2.98. The number of nitro benzene ring substituents is 1. The van der Waals surface area contributed by atoms with Crippen molar-refractivity contribution in [1.82, 2.24) is 5.43 Å². The summed E-state index contributed by atoms with van der Waals surface area (Å²) in [5.74, 6) is 0. The number of nitrogens with two attached hydrogens (primary N) is 1. The van der Waals surface area contributed by atoms with Gasteiger partial charge in [0.25, 0.3) is 5.69 Å². The first-order valence-electron chi connectivity index (χ1n) is 4.35. The summed E-state index contributed by atoms with van der Waals surface area (Å²) in [6.45, 7) is 1.65. The van der Waals surface area contributed by atoms with Crippen LogP contribution in [0.2, 0.25) is 0 Å². The van der Waals surface area contributed by atoms with E-state index in [-0.39, 0.29) is 5.69 Å². The number of carbonyl (C=O) groups excluding carboxylic acids is 1. The molecule has 0 atom stereocenters. The predicted molar refractivity (Wildman–Crippen MR) is 58.0 cm³/mol. The van der Waals surface area contributed by atoms with Crippen molar-refractivity contribution < 1.29 is 9.72 Å². The van der Waals surface area contributed by atoms with Crippen LogP contribution in [0.1, 0.15) is 12.5 Å². The molecule has 0 saturated carbocycles. The topological polar surface area (TPSA) is 111 Å². The fourth-order valence-electron chi connectivity index (χ4n) is 1.03. The van der Waals surface area contributed by atoms with Crippen LogP contribution in [0.4, 0.5) is 10.5 Å². The number of benzene rings is 1.